The first-order valence-corrected chi connectivity index (χ1v) is 12.8. The van der Waals surface area contributed by atoms with Crippen molar-refractivity contribution >= 4 is 23.4 Å². The second-order valence-electron chi connectivity index (χ2n) is 10.2. The number of nitrogens with one attached hydrogen (secondary N) is 2. The van der Waals surface area contributed by atoms with Gasteiger partial charge in [-0.1, -0.05) is 61.5 Å². The second-order valence-corrected chi connectivity index (χ2v) is 10.2. The van der Waals surface area contributed by atoms with Crippen molar-refractivity contribution in [3.05, 3.63) is 95.1 Å². The van der Waals surface area contributed by atoms with Crippen LogP contribution in [0.2, 0.25) is 0 Å². The first kappa shape index (κ1) is 23.4. The Kier molecular flexibility index (Phi) is 5.60. The van der Waals surface area contributed by atoms with Crippen LogP contribution in [0.1, 0.15) is 29.2 Å². The van der Waals surface area contributed by atoms with E-state index >= 15 is 0 Å². The van der Waals surface area contributed by atoms with Crippen molar-refractivity contribution in [2.24, 2.45) is 11.8 Å². The Hall–Kier alpha value is -3.97. The highest BCUT2D eigenvalue weighted by molar-refractivity contribution is 6.15. The van der Waals surface area contributed by atoms with Crippen LogP contribution in [0.15, 0.2) is 72.8 Å². The van der Waals surface area contributed by atoms with E-state index in [0.29, 0.717) is 18.5 Å². The van der Waals surface area contributed by atoms with Crippen LogP contribution < -0.4 is 10.6 Å². The van der Waals surface area contributed by atoms with Gasteiger partial charge in [0.25, 0.3) is 0 Å². The number of aryl methyl sites for hydroxylation is 1. The van der Waals surface area contributed by atoms with E-state index in [4.69, 9.17) is 0 Å². The average Bonchev–Trinajstić information content (AvgIpc) is 3.48. The molecular weight excluding hydrogens is 466 g/mol. The molecule has 3 aliphatic heterocycles. The third-order valence-corrected chi connectivity index (χ3v) is 8.14. The first-order chi connectivity index (χ1) is 17.9. The van der Waals surface area contributed by atoms with Crippen LogP contribution >= 0.6 is 0 Å². The number of hydrogen-bond acceptors (Lipinski definition) is 5. The number of aromatic hydroxyl groups is 1. The van der Waals surface area contributed by atoms with Crippen molar-refractivity contribution in [2.75, 3.05) is 11.9 Å². The summed E-state index contributed by atoms with van der Waals surface area (Å²) in [7, 11) is 0. The van der Waals surface area contributed by atoms with Crippen molar-refractivity contribution in [1.29, 1.82) is 0 Å². The van der Waals surface area contributed by atoms with Crippen LogP contribution in [0.25, 0.3) is 0 Å². The van der Waals surface area contributed by atoms with Gasteiger partial charge in [0.05, 0.1) is 11.8 Å². The summed E-state index contributed by atoms with van der Waals surface area (Å²) in [5.74, 6) is -2.15. The minimum Gasteiger partial charge on any atom is -0.508 e. The maximum Gasteiger partial charge on any atom is 0.250 e. The molecule has 3 aromatic carbocycles. The quantitative estimate of drug-likeness (QED) is 0.457. The largest absolute Gasteiger partial charge is 0.508 e. The van der Waals surface area contributed by atoms with Crippen LogP contribution in [0.4, 0.5) is 5.69 Å². The molecule has 0 aliphatic carbocycles. The molecule has 3 heterocycles. The number of hydrogen-bond donors (Lipinski definition) is 3. The maximum absolute atomic E-state index is 14.0. The number of nitrogens with zero attached hydrogens (tertiary/aromatic N) is 1. The van der Waals surface area contributed by atoms with Crippen LogP contribution in [0.5, 0.6) is 5.75 Å². The fraction of sp³-hybridized carbons (Fsp3) is 0.300. The fourth-order valence-corrected chi connectivity index (χ4v) is 6.30. The summed E-state index contributed by atoms with van der Waals surface area (Å²) in [6, 6.07) is 22.0. The molecule has 4 atom stereocenters. The summed E-state index contributed by atoms with van der Waals surface area (Å²) in [5, 5.41) is 16.2. The number of phenols is 1. The standard InChI is InChI=1S/C30H29N3O4/c1-2-18-10-13-23-22(16-18)30(29(37)31-23)26-25(24(32-30)17-20-8-11-21(34)12-9-20)27(35)33(28(26)36)15-14-19-6-4-3-5-7-19/h3-13,16,24-26,32,34H,2,14-15,17H2,1H3,(H,31,37)/t24-,25-,26+,30+/m1/s1. The zero-order valence-electron chi connectivity index (χ0n) is 20.6. The number of carbonyl (C=O) groups excluding carboxylic acids is 3. The summed E-state index contributed by atoms with van der Waals surface area (Å²) >= 11 is 0. The molecule has 7 heteroatoms. The number of fused-ring (bicyclic) bond motifs is 4. The Labute approximate surface area is 215 Å². The SMILES string of the molecule is CCc1ccc2c(c1)[C@@]1(N[C@H](Cc3ccc(O)cc3)[C@H]3C(=O)N(CCc4ccccc4)C(=O)[C@H]31)C(=O)N2. The first-order valence-electron chi connectivity index (χ1n) is 12.8. The number of phenolic OH excluding ortho intramolecular Hbond substituents is 1. The molecule has 3 amide bonds. The molecule has 2 fully saturated rings. The topological polar surface area (TPSA) is 98.7 Å². The zero-order valence-corrected chi connectivity index (χ0v) is 20.6. The molecule has 7 nitrogen and oxygen atoms in total. The number of benzene rings is 3. The lowest BCUT2D eigenvalue weighted by Gasteiger charge is -2.30. The van der Waals surface area contributed by atoms with Gasteiger partial charge in [0.2, 0.25) is 17.7 Å². The number of anilines is 1. The molecule has 188 valence electrons. The third-order valence-electron chi connectivity index (χ3n) is 8.14. The van der Waals surface area contributed by atoms with Gasteiger partial charge in [0.15, 0.2) is 0 Å². The summed E-state index contributed by atoms with van der Waals surface area (Å²) in [6.07, 6.45) is 1.80. The van der Waals surface area contributed by atoms with Gasteiger partial charge in [-0.3, -0.25) is 24.6 Å². The van der Waals surface area contributed by atoms with E-state index in [0.717, 1.165) is 28.7 Å². The lowest BCUT2D eigenvalue weighted by Crippen LogP contribution is -2.53. The molecule has 3 N–H and O–H groups in total. The van der Waals surface area contributed by atoms with Crippen LogP contribution in [0, 0.1) is 11.8 Å². The molecule has 2 saturated heterocycles. The molecule has 37 heavy (non-hydrogen) atoms. The molecule has 0 saturated carbocycles. The van der Waals surface area contributed by atoms with Crippen molar-refractivity contribution in [3.8, 4) is 5.75 Å². The van der Waals surface area contributed by atoms with E-state index in [1.807, 2.05) is 67.6 Å². The van der Waals surface area contributed by atoms with E-state index in [1.165, 1.54) is 4.90 Å². The van der Waals surface area contributed by atoms with Gasteiger partial charge in [-0.05, 0) is 54.2 Å². The predicted molar refractivity (Wildman–Crippen MR) is 139 cm³/mol. The zero-order chi connectivity index (χ0) is 25.7. The highest BCUT2D eigenvalue weighted by Gasteiger charge is 2.70. The Balaban J connectivity index is 1.41. The van der Waals surface area contributed by atoms with Gasteiger partial charge < -0.3 is 10.4 Å². The molecule has 1 spiro atoms. The third kappa shape index (κ3) is 3.64. The van der Waals surface area contributed by atoms with E-state index in [9.17, 15) is 19.5 Å². The highest BCUT2D eigenvalue weighted by Crippen LogP contribution is 2.53. The Morgan fingerprint density at radius 2 is 1.62 bits per heavy atom. The monoisotopic (exact) mass is 495 g/mol. The Morgan fingerprint density at radius 1 is 0.892 bits per heavy atom. The lowest BCUT2D eigenvalue weighted by molar-refractivity contribution is -0.142. The van der Waals surface area contributed by atoms with Gasteiger partial charge in [-0.25, -0.2) is 0 Å². The van der Waals surface area contributed by atoms with E-state index in [2.05, 4.69) is 10.6 Å². The van der Waals surface area contributed by atoms with Crippen LogP contribution in [-0.4, -0.2) is 40.3 Å². The van der Waals surface area contributed by atoms with Crippen LogP contribution in [-0.2, 0) is 39.2 Å². The Morgan fingerprint density at radius 3 is 2.35 bits per heavy atom. The summed E-state index contributed by atoms with van der Waals surface area (Å²) in [5.41, 5.74) is 3.14. The maximum atomic E-state index is 14.0. The van der Waals surface area contributed by atoms with E-state index in [1.54, 1.807) is 12.1 Å². The Bertz CT molecular complexity index is 1390. The molecule has 0 bridgehead atoms. The molecular formula is C30H29N3O4. The molecule has 0 aromatic heterocycles. The van der Waals surface area contributed by atoms with Gasteiger partial charge in [-0.2, -0.15) is 0 Å². The minimum absolute atomic E-state index is 0.160. The van der Waals surface area contributed by atoms with Crippen molar-refractivity contribution in [1.82, 2.24) is 10.2 Å². The smallest absolute Gasteiger partial charge is 0.250 e. The number of carbonyl (C=O) groups is 3. The van der Waals surface area contributed by atoms with Crippen molar-refractivity contribution in [3.63, 3.8) is 0 Å². The van der Waals surface area contributed by atoms with Gasteiger partial charge in [0, 0.05) is 23.8 Å². The van der Waals surface area contributed by atoms with E-state index in [-0.39, 0.29) is 30.0 Å². The fourth-order valence-electron chi connectivity index (χ4n) is 6.30. The number of likely N-dealkylation sites (tertiary alicyclic amines) is 1. The minimum atomic E-state index is -1.30. The normalized spacial score (nSPS) is 26.0. The summed E-state index contributed by atoms with van der Waals surface area (Å²) in [4.78, 5) is 42.9. The second kappa shape index (κ2) is 8.85. The van der Waals surface area contributed by atoms with E-state index < -0.39 is 23.4 Å². The number of amides is 3. The van der Waals surface area contributed by atoms with Crippen molar-refractivity contribution < 1.29 is 19.5 Å². The number of imide groups is 1. The lowest BCUT2D eigenvalue weighted by atomic mass is 9.76. The van der Waals surface area contributed by atoms with Crippen LogP contribution in [0.3, 0.4) is 0 Å². The molecule has 3 aromatic rings. The van der Waals surface area contributed by atoms with Gasteiger partial charge in [-0.15, -0.1) is 0 Å². The van der Waals surface area contributed by atoms with Crippen molar-refractivity contribution in [2.45, 2.75) is 37.8 Å². The molecule has 6 rings (SSSR count). The predicted octanol–water partition coefficient (Wildman–Crippen LogP) is 3.16. The van der Waals surface area contributed by atoms with Gasteiger partial charge >= 0.3 is 0 Å². The summed E-state index contributed by atoms with van der Waals surface area (Å²) < 4.78 is 0. The summed E-state index contributed by atoms with van der Waals surface area (Å²) in [6.45, 7) is 2.33. The number of rotatable bonds is 6. The van der Waals surface area contributed by atoms with Gasteiger partial charge in [0.1, 0.15) is 11.3 Å². The highest BCUT2D eigenvalue weighted by atomic mass is 16.3. The molecule has 3 aliphatic rings. The average molecular weight is 496 g/mol. The molecule has 0 unspecified atom stereocenters. The molecule has 0 radical (unpaired) electrons.